The van der Waals surface area contributed by atoms with E-state index in [4.69, 9.17) is 14.3 Å². The maximum atomic E-state index is 12.4. The van der Waals surface area contributed by atoms with Gasteiger partial charge in [-0.25, -0.2) is 0 Å². The number of aliphatic hydroxyl groups excluding tert-OH is 1. The number of allylic oxidation sites excluding steroid dienone is 1. The number of hydrogen-bond donors (Lipinski definition) is 1. The van der Waals surface area contributed by atoms with E-state index in [1.54, 1.807) is 37.4 Å². The SMILES string of the molecule is CCOP(=O)(OCC)/C(C#N)=C(\O)c1cccs1. The van der Waals surface area contributed by atoms with Gasteiger partial charge in [0.1, 0.15) is 6.07 Å². The van der Waals surface area contributed by atoms with Gasteiger partial charge in [-0.1, -0.05) is 6.07 Å². The van der Waals surface area contributed by atoms with E-state index in [1.807, 2.05) is 0 Å². The van der Waals surface area contributed by atoms with Gasteiger partial charge in [0.2, 0.25) is 0 Å². The number of hydrogen-bond acceptors (Lipinski definition) is 6. The van der Waals surface area contributed by atoms with Crippen LogP contribution in [0.25, 0.3) is 5.76 Å². The van der Waals surface area contributed by atoms with Gasteiger partial charge in [-0.05, 0) is 25.3 Å². The molecule has 0 atom stereocenters. The van der Waals surface area contributed by atoms with Gasteiger partial charge in [-0.3, -0.25) is 4.57 Å². The quantitative estimate of drug-likeness (QED) is 0.489. The summed E-state index contributed by atoms with van der Waals surface area (Å²) < 4.78 is 22.5. The summed E-state index contributed by atoms with van der Waals surface area (Å²) in [6, 6.07) is 5.07. The van der Waals surface area contributed by atoms with E-state index >= 15 is 0 Å². The molecule has 0 fully saturated rings. The van der Waals surface area contributed by atoms with Gasteiger partial charge in [-0.2, -0.15) is 5.26 Å². The van der Waals surface area contributed by atoms with Gasteiger partial charge < -0.3 is 14.2 Å². The van der Waals surface area contributed by atoms with Gasteiger partial charge in [0.15, 0.2) is 11.1 Å². The summed E-state index contributed by atoms with van der Waals surface area (Å²) in [5.41, 5.74) is 0. The molecule has 1 aromatic rings. The summed E-state index contributed by atoms with van der Waals surface area (Å²) in [5.74, 6) is -0.349. The molecule has 0 unspecified atom stereocenters. The van der Waals surface area contributed by atoms with Gasteiger partial charge in [-0.15, -0.1) is 11.3 Å². The number of nitriles is 1. The monoisotopic (exact) mass is 287 g/mol. The second kappa shape index (κ2) is 6.72. The highest BCUT2D eigenvalue weighted by Crippen LogP contribution is 2.57. The molecule has 7 heteroatoms. The van der Waals surface area contributed by atoms with Crippen molar-refractivity contribution in [2.75, 3.05) is 13.2 Å². The Morgan fingerprint density at radius 3 is 2.50 bits per heavy atom. The number of thiophene rings is 1. The van der Waals surface area contributed by atoms with Crippen molar-refractivity contribution in [1.82, 2.24) is 0 Å². The van der Waals surface area contributed by atoms with E-state index in [0.29, 0.717) is 4.88 Å². The standard InChI is InChI=1S/C11H14NO4PS/c1-3-15-17(14,16-4-2)9(8-12)11(13)10-6-5-7-18-10/h5-7,13H,3-4H2,1-2H3/b11-9-. The van der Waals surface area contributed by atoms with E-state index in [9.17, 15) is 9.67 Å². The van der Waals surface area contributed by atoms with Crippen LogP contribution in [0.5, 0.6) is 0 Å². The summed E-state index contributed by atoms with van der Waals surface area (Å²) in [7, 11) is -3.75. The summed E-state index contributed by atoms with van der Waals surface area (Å²) >= 11 is 1.24. The molecule has 1 aromatic heterocycles. The molecular weight excluding hydrogens is 273 g/mol. The van der Waals surface area contributed by atoms with Crippen molar-refractivity contribution in [3.05, 3.63) is 27.7 Å². The van der Waals surface area contributed by atoms with E-state index < -0.39 is 7.60 Å². The van der Waals surface area contributed by atoms with Crippen LogP contribution in [0.15, 0.2) is 22.8 Å². The largest absolute Gasteiger partial charge is 0.505 e. The van der Waals surface area contributed by atoms with Crippen molar-refractivity contribution in [2.24, 2.45) is 0 Å². The number of nitrogens with zero attached hydrogens (tertiary/aromatic N) is 1. The molecule has 98 valence electrons. The fourth-order valence-corrected chi connectivity index (χ4v) is 3.55. The van der Waals surface area contributed by atoms with Crippen LogP contribution in [-0.2, 0) is 13.6 Å². The van der Waals surface area contributed by atoms with Crippen molar-refractivity contribution >= 4 is 24.7 Å². The molecule has 0 saturated carbocycles. The Morgan fingerprint density at radius 2 is 2.11 bits per heavy atom. The Bertz CT molecular complexity index is 494. The van der Waals surface area contributed by atoms with Crippen LogP contribution in [0.4, 0.5) is 0 Å². The van der Waals surface area contributed by atoms with Crippen molar-refractivity contribution in [1.29, 1.82) is 5.26 Å². The molecule has 0 spiro atoms. The third-order valence-electron chi connectivity index (χ3n) is 1.96. The minimum Gasteiger partial charge on any atom is -0.505 e. The molecule has 0 saturated heterocycles. The fraction of sp³-hybridized carbons (Fsp3) is 0.364. The average molecular weight is 287 g/mol. The first kappa shape index (κ1) is 14.9. The normalized spacial score (nSPS) is 12.9. The van der Waals surface area contributed by atoms with E-state index in [1.165, 1.54) is 11.3 Å². The third kappa shape index (κ3) is 3.21. The third-order valence-corrected chi connectivity index (χ3v) is 4.89. The van der Waals surface area contributed by atoms with Crippen LogP contribution >= 0.6 is 18.9 Å². The van der Waals surface area contributed by atoms with Crippen molar-refractivity contribution in [2.45, 2.75) is 13.8 Å². The van der Waals surface area contributed by atoms with Crippen LogP contribution in [0.1, 0.15) is 18.7 Å². The molecule has 0 aromatic carbocycles. The summed E-state index contributed by atoms with van der Waals surface area (Å²) in [5, 5.41) is 20.5. The molecule has 0 radical (unpaired) electrons. The molecule has 0 aliphatic rings. The predicted octanol–water partition coefficient (Wildman–Crippen LogP) is 3.76. The zero-order valence-corrected chi connectivity index (χ0v) is 11.8. The Balaban J connectivity index is 3.27. The zero-order chi connectivity index (χ0) is 13.6. The van der Waals surface area contributed by atoms with Crippen molar-refractivity contribution in [3.63, 3.8) is 0 Å². The maximum absolute atomic E-state index is 12.4. The second-order valence-electron chi connectivity index (χ2n) is 3.12. The van der Waals surface area contributed by atoms with Crippen LogP contribution in [0, 0.1) is 11.3 Å². The molecule has 0 bridgehead atoms. The highest BCUT2D eigenvalue weighted by atomic mass is 32.1. The highest BCUT2D eigenvalue weighted by molar-refractivity contribution is 7.59. The maximum Gasteiger partial charge on any atom is 0.375 e. The summed E-state index contributed by atoms with van der Waals surface area (Å²) in [6.07, 6.45) is 0. The molecule has 1 N–H and O–H groups in total. The Kier molecular flexibility index (Phi) is 5.57. The molecule has 1 heterocycles. The number of aliphatic hydroxyl groups is 1. The first-order valence-electron chi connectivity index (χ1n) is 5.36. The Hall–Kier alpha value is -1.12. The highest BCUT2D eigenvalue weighted by Gasteiger charge is 2.34. The van der Waals surface area contributed by atoms with Crippen LogP contribution in [-0.4, -0.2) is 18.3 Å². The predicted molar refractivity (Wildman–Crippen MR) is 70.3 cm³/mol. The van der Waals surface area contributed by atoms with Crippen molar-refractivity contribution < 1.29 is 18.7 Å². The first-order chi connectivity index (χ1) is 8.59. The molecular formula is C11H14NO4PS. The summed E-state index contributed by atoms with van der Waals surface area (Å²) in [4.78, 5) is 0.450. The van der Waals surface area contributed by atoms with Gasteiger partial charge >= 0.3 is 7.60 Å². The molecule has 0 aliphatic heterocycles. The van der Waals surface area contributed by atoms with Gasteiger partial charge in [0, 0.05) is 0 Å². The lowest BCUT2D eigenvalue weighted by atomic mass is 10.4. The van der Waals surface area contributed by atoms with Crippen LogP contribution in [0.2, 0.25) is 0 Å². The molecule has 18 heavy (non-hydrogen) atoms. The molecule has 5 nitrogen and oxygen atoms in total. The van der Waals surface area contributed by atoms with Crippen molar-refractivity contribution in [3.8, 4) is 6.07 Å². The van der Waals surface area contributed by atoms with Gasteiger partial charge in [0.05, 0.1) is 18.1 Å². The lowest BCUT2D eigenvalue weighted by Gasteiger charge is -2.16. The lowest BCUT2D eigenvalue weighted by Crippen LogP contribution is -2.00. The van der Waals surface area contributed by atoms with Crippen LogP contribution < -0.4 is 0 Å². The van der Waals surface area contributed by atoms with E-state index in [0.717, 1.165) is 0 Å². The lowest BCUT2D eigenvalue weighted by molar-refractivity contribution is 0.227. The molecule has 0 aliphatic carbocycles. The Morgan fingerprint density at radius 1 is 1.50 bits per heavy atom. The van der Waals surface area contributed by atoms with Gasteiger partial charge in [0.25, 0.3) is 0 Å². The Labute approximate surface area is 110 Å². The smallest absolute Gasteiger partial charge is 0.375 e. The van der Waals surface area contributed by atoms with E-state index in [2.05, 4.69) is 0 Å². The minimum atomic E-state index is -3.75. The fourth-order valence-electron chi connectivity index (χ4n) is 1.28. The average Bonchev–Trinajstić information content (AvgIpc) is 2.83. The van der Waals surface area contributed by atoms with E-state index in [-0.39, 0.29) is 24.3 Å². The summed E-state index contributed by atoms with van der Waals surface area (Å²) in [6.45, 7) is 3.53. The topological polar surface area (TPSA) is 79.5 Å². The van der Waals surface area contributed by atoms with Crippen LogP contribution in [0.3, 0.4) is 0 Å². The number of rotatable bonds is 6. The molecule has 1 rings (SSSR count). The second-order valence-corrected chi connectivity index (χ2v) is 6.03. The first-order valence-corrected chi connectivity index (χ1v) is 7.78. The zero-order valence-electron chi connectivity index (χ0n) is 10.1. The molecule has 0 amide bonds. The minimum absolute atomic E-state index is 0.125.